The van der Waals surface area contributed by atoms with Crippen LogP contribution in [-0.4, -0.2) is 28.5 Å². The van der Waals surface area contributed by atoms with Crippen LogP contribution in [0.2, 0.25) is 5.02 Å². The highest BCUT2D eigenvalue weighted by molar-refractivity contribution is 7.16. The Morgan fingerprint density at radius 2 is 2.07 bits per heavy atom. The Morgan fingerprint density at radius 1 is 1.31 bits per heavy atom. The second kappa shape index (κ2) is 8.80. The summed E-state index contributed by atoms with van der Waals surface area (Å²) in [6.45, 7) is -0.238. The van der Waals surface area contributed by atoms with Crippen LogP contribution in [0.15, 0.2) is 53.5 Å². The van der Waals surface area contributed by atoms with E-state index in [0.717, 1.165) is 11.3 Å². The molecule has 3 rings (SSSR count). The van der Waals surface area contributed by atoms with Crippen LogP contribution in [0, 0.1) is 10.1 Å². The van der Waals surface area contributed by atoms with Crippen molar-refractivity contribution in [3.63, 3.8) is 0 Å². The van der Waals surface area contributed by atoms with Crippen molar-refractivity contribution in [1.29, 1.82) is 0 Å². The number of methoxy groups -OCH3 is 1. The number of rotatable bonds is 5. The lowest BCUT2D eigenvalue weighted by atomic mass is 10.2. The summed E-state index contributed by atoms with van der Waals surface area (Å²) in [5, 5.41) is 11.6. The Bertz CT molecular complexity index is 1210. The maximum atomic E-state index is 12.3. The maximum Gasteiger partial charge on any atom is 0.325 e. The van der Waals surface area contributed by atoms with Gasteiger partial charge in [-0.25, -0.2) is 0 Å². The standard InChI is InChI=1S/C19H14ClN3O5S/c1-28-18(25)11-22-15-10-13(23(26)27)7-8-16(15)29-19(22)21-17(24)9-6-12-4-2-3-5-14(12)20/h2-10H,11H2,1H3. The van der Waals surface area contributed by atoms with Gasteiger partial charge in [-0.2, -0.15) is 4.99 Å². The molecule has 0 aliphatic carbocycles. The third-order valence-electron chi connectivity index (χ3n) is 3.91. The topological polar surface area (TPSA) is 104 Å². The molecule has 0 atom stereocenters. The number of carbonyl (C=O) groups is 2. The predicted octanol–water partition coefficient (Wildman–Crippen LogP) is 3.58. The number of thiazole rings is 1. The average molecular weight is 432 g/mol. The lowest BCUT2D eigenvalue weighted by molar-refractivity contribution is -0.384. The summed E-state index contributed by atoms with van der Waals surface area (Å²) in [7, 11) is 1.23. The van der Waals surface area contributed by atoms with Crippen LogP contribution in [0.25, 0.3) is 16.3 Å². The van der Waals surface area contributed by atoms with Gasteiger partial charge in [-0.05, 0) is 23.8 Å². The molecule has 0 N–H and O–H groups in total. The first kappa shape index (κ1) is 20.4. The molecule has 8 nitrogen and oxygen atoms in total. The van der Waals surface area contributed by atoms with Gasteiger partial charge in [-0.1, -0.05) is 41.1 Å². The van der Waals surface area contributed by atoms with Crippen LogP contribution >= 0.6 is 22.9 Å². The molecular formula is C19H14ClN3O5S. The van der Waals surface area contributed by atoms with Crippen molar-refractivity contribution >= 4 is 56.8 Å². The van der Waals surface area contributed by atoms with Gasteiger partial charge >= 0.3 is 5.97 Å². The van der Waals surface area contributed by atoms with Gasteiger partial charge in [0.15, 0.2) is 4.80 Å². The monoisotopic (exact) mass is 431 g/mol. The highest BCUT2D eigenvalue weighted by Crippen LogP contribution is 2.23. The molecule has 2 aromatic carbocycles. The predicted molar refractivity (Wildman–Crippen MR) is 110 cm³/mol. The van der Waals surface area contributed by atoms with Gasteiger partial charge < -0.3 is 9.30 Å². The lowest BCUT2D eigenvalue weighted by Gasteiger charge is -2.03. The number of hydrogen-bond donors (Lipinski definition) is 0. The Kier molecular flexibility index (Phi) is 6.20. The third kappa shape index (κ3) is 4.76. The Labute approximate surface area is 173 Å². The second-order valence-electron chi connectivity index (χ2n) is 5.76. The number of nitro groups is 1. The summed E-state index contributed by atoms with van der Waals surface area (Å²) >= 11 is 7.19. The van der Waals surface area contributed by atoms with E-state index in [4.69, 9.17) is 11.6 Å². The number of non-ortho nitro benzene ring substituents is 1. The molecule has 10 heteroatoms. The number of fused-ring (bicyclic) bond motifs is 1. The van der Waals surface area contributed by atoms with E-state index in [2.05, 4.69) is 9.73 Å². The lowest BCUT2D eigenvalue weighted by Crippen LogP contribution is -2.22. The third-order valence-corrected chi connectivity index (χ3v) is 5.31. The zero-order valence-corrected chi connectivity index (χ0v) is 16.6. The second-order valence-corrected chi connectivity index (χ2v) is 7.18. The Morgan fingerprint density at radius 3 is 2.76 bits per heavy atom. The Balaban J connectivity index is 2.05. The first-order valence-corrected chi connectivity index (χ1v) is 9.44. The van der Waals surface area contributed by atoms with Crippen molar-refractivity contribution in [2.45, 2.75) is 6.54 Å². The number of nitrogens with zero attached hydrogens (tertiary/aromatic N) is 3. The van der Waals surface area contributed by atoms with Gasteiger partial charge in [-0.3, -0.25) is 19.7 Å². The van der Waals surface area contributed by atoms with E-state index in [1.54, 1.807) is 30.3 Å². The van der Waals surface area contributed by atoms with E-state index >= 15 is 0 Å². The number of carbonyl (C=O) groups excluding carboxylic acids is 2. The molecule has 0 saturated carbocycles. The number of hydrogen-bond acceptors (Lipinski definition) is 6. The summed E-state index contributed by atoms with van der Waals surface area (Å²) in [5.41, 5.74) is 0.939. The number of halogens is 1. The van der Waals surface area contributed by atoms with Crippen molar-refractivity contribution in [3.8, 4) is 0 Å². The molecule has 1 amide bonds. The molecule has 0 unspecified atom stereocenters. The van der Waals surface area contributed by atoms with Crippen molar-refractivity contribution in [2.75, 3.05) is 7.11 Å². The van der Waals surface area contributed by atoms with Crippen LogP contribution in [0.4, 0.5) is 5.69 Å². The first-order valence-electron chi connectivity index (χ1n) is 8.25. The minimum absolute atomic E-state index is 0.134. The van der Waals surface area contributed by atoms with Crippen LogP contribution in [0.3, 0.4) is 0 Å². The van der Waals surface area contributed by atoms with Crippen LogP contribution in [0.1, 0.15) is 5.56 Å². The fourth-order valence-electron chi connectivity index (χ4n) is 2.51. The van der Waals surface area contributed by atoms with Gasteiger partial charge in [0.25, 0.3) is 11.6 Å². The van der Waals surface area contributed by atoms with Gasteiger partial charge in [0.2, 0.25) is 0 Å². The zero-order chi connectivity index (χ0) is 21.0. The number of benzene rings is 2. The van der Waals surface area contributed by atoms with Crippen molar-refractivity contribution in [2.24, 2.45) is 4.99 Å². The van der Waals surface area contributed by atoms with Gasteiger partial charge in [0, 0.05) is 23.2 Å². The van der Waals surface area contributed by atoms with E-state index in [-0.39, 0.29) is 17.0 Å². The minimum Gasteiger partial charge on any atom is -0.468 e. The first-order chi connectivity index (χ1) is 13.9. The molecule has 1 aromatic heterocycles. The number of esters is 1. The highest BCUT2D eigenvalue weighted by Gasteiger charge is 2.15. The molecule has 3 aromatic rings. The SMILES string of the molecule is COC(=O)Cn1c(=NC(=O)C=Cc2ccccc2Cl)sc2ccc([N+](=O)[O-])cc21. The molecular weight excluding hydrogens is 418 g/mol. The van der Waals surface area contributed by atoms with Crippen molar-refractivity contribution in [1.82, 2.24) is 4.57 Å². The number of amides is 1. The molecule has 0 aliphatic rings. The maximum absolute atomic E-state index is 12.3. The van der Waals surface area contributed by atoms with Crippen LogP contribution in [-0.2, 0) is 20.9 Å². The van der Waals surface area contributed by atoms with Crippen LogP contribution < -0.4 is 4.80 Å². The normalized spacial score (nSPS) is 11.9. The minimum atomic E-state index is -0.572. The molecule has 0 bridgehead atoms. The molecule has 29 heavy (non-hydrogen) atoms. The van der Waals surface area contributed by atoms with Crippen molar-refractivity contribution < 1.29 is 19.2 Å². The van der Waals surface area contributed by atoms with E-state index in [1.165, 1.54) is 36.0 Å². The summed E-state index contributed by atoms with van der Waals surface area (Å²) in [6.07, 6.45) is 2.80. The van der Waals surface area contributed by atoms with E-state index in [0.29, 0.717) is 20.8 Å². The van der Waals surface area contributed by atoms with Gasteiger partial charge in [0.1, 0.15) is 6.54 Å². The molecule has 0 saturated heterocycles. The summed E-state index contributed by atoms with van der Waals surface area (Å²) in [4.78, 5) is 38.9. The molecule has 0 aliphatic heterocycles. The number of nitro benzene ring substituents is 1. The smallest absolute Gasteiger partial charge is 0.325 e. The molecule has 148 valence electrons. The van der Waals surface area contributed by atoms with E-state index < -0.39 is 16.8 Å². The van der Waals surface area contributed by atoms with Gasteiger partial charge in [0.05, 0.1) is 22.2 Å². The molecule has 0 fully saturated rings. The van der Waals surface area contributed by atoms with E-state index in [1.807, 2.05) is 0 Å². The fourth-order valence-corrected chi connectivity index (χ4v) is 3.72. The Hall–Kier alpha value is -3.30. The fraction of sp³-hybridized carbons (Fsp3) is 0.105. The van der Waals surface area contributed by atoms with E-state index in [9.17, 15) is 19.7 Å². The van der Waals surface area contributed by atoms with Crippen LogP contribution in [0.5, 0.6) is 0 Å². The van der Waals surface area contributed by atoms with Gasteiger partial charge in [-0.15, -0.1) is 0 Å². The quantitative estimate of drug-likeness (QED) is 0.266. The zero-order valence-electron chi connectivity index (χ0n) is 15.1. The summed E-state index contributed by atoms with van der Waals surface area (Å²) in [6, 6.07) is 11.2. The molecule has 0 spiro atoms. The highest BCUT2D eigenvalue weighted by atomic mass is 35.5. The average Bonchev–Trinajstić information content (AvgIpc) is 3.03. The number of ether oxygens (including phenoxy) is 1. The number of aromatic nitrogens is 1. The molecule has 1 heterocycles. The van der Waals surface area contributed by atoms with Crippen molar-refractivity contribution in [3.05, 3.63) is 74.0 Å². The molecule has 0 radical (unpaired) electrons. The summed E-state index contributed by atoms with van der Waals surface area (Å²) < 4.78 is 6.74. The summed E-state index contributed by atoms with van der Waals surface area (Å²) in [5.74, 6) is -1.14. The largest absolute Gasteiger partial charge is 0.468 e.